The molecule has 58 valence electrons. The minimum Gasteiger partial charge on any atom is -0.377 e. The fourth-order valence-corrected chi connectivity index (χ4v) is 0.576. The SMILES string of the molecule is C#CC(C)(C)C(C)OCC. The van der Waals surface area contributed by atoms with E-state index in [-0.39, 0.29) is 11.5 Å². The van der Waals surface area contributed by atoms with Gasteiger partial charge in [-0.2, -0.15) is 0 Å². The van der Waals surface area contributed by atoms with Crippen LogP contribution in [0.3, 0.4) is 0 Å². The molecule has 0 saturated heterocycles. The predicted octanol–water partition coefficient (Wildman–Crippen LogP) is 2.07. The Morgan fingerprint density at radius 3 is 2.40 bits per heavy atom. The van der Waals surface area contributed by atoms with E-state index in [1.165, 1.54) is 0 Å². The lowest BCUT2D eigenvalue weighted by Gasteiger charge is -2.25. The van der Waals surface area contributed by atoms with Crippen LogP contribution in [0.1, 0.15) is 27.7 Å². The third kappa shape index (κ3) is 2.41. The van der Waals surface area contributed by atoms with Gasteiger partial charge < -0.3 is 4.74 Å². The van der Waals surface area contributed by atoms with Crippen LogP contribution in [0.5, 0.6) is 0 Å². The summed E-state index contributed by atoms with van der Waals surface area (Å²) in [7, 11) is 0. The Kier molecular flexibility index (Phi) is 3.46. The van der Waals surface area contributed by atoms with Crippen LogP contribution in [-0.4, -0.2) is 12.7 Å². The molecular formula is C9H16O. The molecule has 0 heterocycles. The fraction of sp³-hybridized carbons (Fsp3) is 0.778. The Morgan fingerprint density at radius 2 is 2.10 bits per heavy atom. The maximum Gasteiger partial charge on any atom is 0.0706 e. The molecule has 1 unspecified atom stereocenters. The van der Waals surface area contributed by atoms with Crippen LogP contribution in [0.15, 0.2) is 0 Å². The van der Waals surface area contributed by atoms with E-state index >= 15 is 0 Å². The molecule has 1 heteroatoms. The summed E-state index contributed by atoms with van der Waals surface area (Å²) in [5.74, 6) is 2.70. The number of hydrogen-bond acceptors (Lipinski definition) is 1. The molecule has 0 aliphatic carbocycles. The summed E-state index contributed by atoms with van der Waals surface area (Å²) in [5.41, 5.74) is -0.143. The van der Waals surface area contributed by atoms with Crippen molar-refractivity contribution in [2.75, 3.05) is 6.61 Å². The number of ether oxygens (including phenoxy) is 1. The average Bonchev–Trinajstić information content (AvgIpc) is 1.89. The van der Waals surface area contributed by atoms with Gasteiger partial charge in [0.2, 0.25) is 0 Å². The van der Waals surface area contributed by atoms with Crippen molar-refractivity contribution in [3.05, 3.63) is 0 Å². The van der Waals surface area contributed by atoms with E-state index in [9.17, 15) is 0 Å². The van der Waals surface area contributed by atoms with Gasteiger partial charge in [0.15, 0.2) is 0 Å². The van der Waals surface area contributed by atoms with E-state index in [1.807, 2.05) is 27.7 Å². The van der Waals surface area contributed by atoms with Crippen molar-refractivity contribution in [3.8, 4) is 12.3 Å². The zero-order valence-corrected chi connectivity index (χ0v) is 7.27. The molecule has 0 aromatic heterocycles. The van der Waals surface area contributed by atoms with Gasteiger partial charge in [0, 0.05) is 6.61 Å². The Bertz CT molecular complexity index is 130. The van der Waals surface area contributed by atoms with E-state index in [0.717, 1.165) is 6.61 Å². The molecule has 0 aromatic rings. The van der Waals surface area contributed by atoms with Crippen LogP contribution in [0.4, 0.5) is 0 Å². The molecule has 0 bridgehead atoms. The van der Waals surface area contributed by atoms with Crippen molar-refractivity contribution in [2.45, 2.75) is 33.8 Å². The molecule has 10 heavy (non-hydrogen) atoms. The van der Waals surface area contributed by atoms with E-state index in [1.54, 1.807) is 0 Å². The molecule has 1 atom stereocenters. The zero-order valence-electron chi connectivity index (χ0n) is 7.27. The molecule has 0 N–H and O–H groups in total. The highest BCUT2D eigenvalue weighted by molar-refractivity contribution is 5.03. The molecule has 0 rings (SSSR count). The van der Waals surface area contributed by atoms with Crippen LogP contribution in [0, 0.1) is 17.8 Å². The van der Waals surface area contributed by atoms with Gasteiger partial charge in [-0.25, -0.2) is 0 Å². The van der Waals surface area contributed by atoms with Crippen LogP contribution in [0.2, 0.25) is 0 Å². The quantitative estimate of drug-likeness (QED) is 0.545. The smallest absolute Gasteiger partial charge is 0.0706 e. The van der Waals surface area contributed by atoms with Crippen LogP contribution in [-0.2, 0) is 4.74 Å². The molecule has 0 aromatic carbocycles. The van der Waals surface area contributed by atoms with Crippen molar-refractivity contribution >= 4 is 0 Å². The third-order valence-electron chi connectivity index (χ3n) is 1.80. The standard InChI is InChI=1S/C9H16O/c1-6-9(4,5)8(3)10-7-2/h1,8H,7H2,2-5H3. The van der Waals surface area contributed by atoms with E-state index in [0.29, 0.717) is 0 Å². The Hall–Kier alpha value is -0.480. The van der Waals surface area contributed by atoms with Crippen LogP contribution >= 0.6 is 0 Å². The second-order valence-corrected chi connectivity index (χ2v) is 2.96. The summed E-state index contributed by atoms with van der Waals surface area (Å²) in [5, 5.41) is 0. The van der Waals surface area contributed by atoms with Crippen LogP contribution < -0.4 is 0 Å². The highest BCUT2D eigenvalue weighted by atomic mass is 16.5. The normalized spacial score (nSPS) is 14.3. The minimum atomic E-state index is -0.143. The van der Waals surface area contributed by atoms with Gasteiger partial charge in [-0.05, 0) is 27.7 Å². The first-order valence-electron chi connectivity index (χ1n) is 3.64. The highest BCUT2D eigenvalue weighted by Crippen LogP contribution is 2.21. The fourth-order valence-electron chi connectivity index (χ4n) is 0.576. The largest absolute Gasteiger partial charge is 0.377 e. The molecule has 1 nitrogen and oxygen atoms in total. The molecule has 0 amide bonds. The predicted molar refractivity (Wildman–Crippen MR) is 43.7 cm³/mol. The molecule has 0 aliphatic heterocycles. The summed E-state index contributed by atoms with van der Waals surface area (Å²) < 4.78 is 5.36. The van der Waals surface area contributed by atoms with E-state index in [2.05, 4.69) is 5.92 Å². The number of terminal acetylenes is 1. The van der Waals surface area contributed by atoms with Gasteiger partial charge in [-0.3, -0.25) is 0 Å². The van der Waals surface area contributed by atoms with Crippen molar-refractivity contribution in [1.29, 1.82) is 0 Å². The van der Waals surface area contributed by atoms with Crippen molar-refractivity contribution in [2.24, 2.45) is 5.41 Å². The summed E-state index contributed by atoms with van der Waals surface area (Å²) >= 11 is 0. The van der Waals surface area contributed by atoms with Crippen molar-refractivity contribution in [1.82, 2.24) is 0 Å². The maximum atomic E-state index is 5.36. The second-order valence-electron chi connectivity index (χ2n) is 2.96. The summed E-state index contributed by atoms with van der Waals surface area (Å²) in [6, 6.07) is 0. The van der Waals surface area contributed by atoms with Crippen molar-refractivity contribution in [3.63, 3.8) is 0 Å². The topological polar surface area (TPSA) is 9.23 Å². The Balaban J connectivity index is 3.94. The Morgan fingerprint density at radius 1 is 1.60 bits per heavy atom. The zero-order chi connectivity index (χ0) is 8.20. The van der Waals surface area contributed by atoms with Gasteiger partial charge in [0.1, 0.15) is 0 Å². The van der Waals surface area contributed by atoms with E-state index in [4.69, 9.17) is 11.2 Å². The summed E-state index contributed by atoms with van der Waals surface area (Å²) in [6.07, 6.45) is 5.45. The minimum absolute atomic E-state index is 0.141. The molecule has 0 spiro atoms. The molecule has 0 fully saturated rings. The number of hydrogen-bond donors (Lipinski definition) is 0. The molecule has 0 saturated carbocycles. The molecule has 0 radical (unpaired) electrons. The summed E-state index contributed by atoms with van der Waals surface area (Å²) in [4.78, 5) is 0. The monoisotopic (exact) mass is 140 g/mol. The first-order valence-corrected chi connectivity index (χ1v) is 3.64. The number of rotatable bonds is 3. The van der Waals surface area contributed by atoms with E-state index < -0.39 is 0 Å². The van der Waals surface area contributed by atoms with Gasteiger partial charge in [0.25, 0.3) is 0 Å². The summed E-state index contributed by atoms with van der Waals surface area (Å²) in [6.45, 7) is 8.72. The van der Waals surface area contributed by atoms with Gasteiger partial charge in [-0.15, -0.1) is 6.42 Å². The van der Waals surface area contributed by atoms with Gasteiger partial charge >= 0.3 is 0 Å². The highest BCUT2D eigenvalue weighted by Gasteiger charge is 2.22. The van der Waals surface area contributed by atoms with Crippen LogP contribution in [0.25, 0.3) is 0 Å². The first kappa shape index (κ1) is 9.52. The lowest BCUT2D eigenvalue weighted by Crippen LogP contribution is -2.27. The lowest BCUT2D eigenvalue weighted by atomic mass is 9.89. The van der Waals surface area contributed by atoms with Gasteiger partial charge in [-0.1, -0.05) is 5.92 Å². The first-order chi connectivity index (χ1) is 4.54. The third-order valence-corrected chi connectivity index (χ3v) is 1.80. The maximum absolute atomic E-state index is 5.36. The Labute approximate surface area is 63.8 Å². The molecular weight excluding hydrogens is 124 g/mol. The lowest BCUT2D eigenvalue weighted by molar-refractivity contribution is 0.0191. The second kappa shape index (κ2) is 3.63. The van der Waals surface area contributed by atoms with Gasteiger partial charge in [0.05, 0.1) is 11.5 Å². The molecule has 0 aliphatic rings. The average molecular weight is 140 g/mol. The van der Waals surface area contributed by atoms with Crippen molar-refractivity contribution < 1.29 is 4.74 Å².